The van der Waals surface area contributed by atoms with Crippen LogP contribution in [0.2, 0.25) is 0 Å². The average Bonchev–Trinajstić information content (AvgIpc) is 2.30. The number of nitrogens with one attached hydrogen (secondary N) is 2. The molecule has 0 aliphatic rings. The molecule has 0 aliphatic carbocycles. The van der Waals surface area contributed by atoms with Crippen LogP contribution >= 0.6 is 24.0 Å². The normalized spacial score (nSPS) is 13.7. The minimum Gasteiger partial charge on any atom is -0.444 e. The zero-order chi connectivity index (χ0) is 17.6. The number of ether oxygens (including phenoxy) is 1. The van der Waals surface area contributed by atoms with Crippen LogP contribution < -0.4 is 10.6 Å². The summed E-state index contributed by atoms with van der Waals surface area (Å²) in [4.78, 5) is 17.7. The molecule has 0 saturated heterocycles. The molecule has 2 N–H and O–H groups in total. The monoisotopic (exact) mass is 442 g/mol. The molecule has 0 saturated carbocycles. The maximum Gasteiger partial charge on any atom is 0.410 e. The van der Waals surface area contributed by atoms with E-state index in [2.05, 4.69) is 43.3 Å². The van der Waals surface area contributed by atoms with Gasteiger partial charge in [-0.3, -0.25) is 4.99 Å². The first-order valence-electron chi connectivity index (χ1n) is 7.77. The molecule has 0 bridgehead atoms. The zero-order valence-electron chi connectivity index (χ0n) is 16.1. The van der Waals surface area contributed by atoms with Gasteiger partial charge in [-0.25, -0.2) is 4.79 Å². The number of hydrogen-bond acceptors (Lipinski definition) is 3. The molecule has 138 valence electrons. The van der Waals surface area contributed by atoms with Gasteiger partial charge < -0.3 is 20.3 Å². The Kier molecular flexibility index (Phi) is 10.9. The van der Waals surface area contributed by atoms with Crippen LogP contribution in [0.1, 0.15) is 48.5 Å². The fourth-order valence-corrected chi connectivity index (χ4v) is 1.75. The van der Waals surface area contributed by atoms with E-state index in [1.165, 1.54) is 0 Å². The van der Waals surface area contributed by atoms with E-state index in [0.717, 1.165) is 12.5 Å². The second-order valence-corrected chi connectivity index (χ2v) is 7.79. The molecule has 7 heteroatoms. The highest BCUT2D eigenvalue weighted by atomic mass is 127. The van der Waals surface area contributed by atoms with Crippen molar-refractivity contribution in [2.75, 3.05) is 27.2 Å². The first-order valence-corrected chi connectivity index (χ1v) is 7.77. The van der Waals surface area contributed by atoms with Crippen LogP contribution in [0.25, 0.3) is 0 Å². The summed E-state index contributed by atoms with van der Waals surface area (Å²) in [5.41, 5.74) is -0.510. The molecule has 0 heterocycles. The minimum absolute atomic E-state index is 0. The third-order valence-electron chi connectivity index (χ3n) is 2.63. The Morgan fingerprint density at radius 1 is 1.22 bits per heavy atom. The van der Waals surface area contributed by atoms with Gasteiger partial charge in [0.1, 0.15) is 5.60 Å². The lowest BCUT2D eigenvalue weighted by atomic mass is 10.1. The van der Waals surface area contributed by atoms with Gasteiger partial charge in [0.05, 0.1) is 0 Å². The summed E-state index contributed by atoms with van der Waals surface area (Å²) in [6, 6.07) is 0. The van der Waals surface area contributed by atoms with E-state index in [1.807, 2.05) is 20.8 Å². The fraction of sp³-hybridized carbons (Fsp3) is 0.875. The van der Waals surface area contributed by atoms with E-state index in [0.29, 0.717) is 6.54 Å². The predicted molar refractivity (Wildman–Crippen MR) is 108 cm³/mol. The molecule has 1 unspecified atom stereocenters. The molecule has 0 aromatic rings. The lowest BCUT2D eigenvalue weighted by molar-refractivity contribution is 0.0278. The number of carbonyl (C=O) groups excluding carboxylic acids is 1. The Balaban J connectivity index is 0. The molecule has 0 fully saturated rings. The van der Waals surface area contributed by atoms with Gasteiger partial charge in [0.2, 0.25) is 0 Å². The molecule has 0 aromatic heterocycles. The first-order chi connectivity index (χ1) is 9.84. The Morgan fingerprint density at radius 3 is 2.13 bits per heavy atom. The molecule has 6 nitrogen and oxygen atoms in total. The van der Waals surface area contributed by atoms with Crippen molar-refractivity contribution in [1.29, 1.82) is 0 Å². The summed E-state index contributed by atoms with van der Waals surface area (Å²) in [6.07, 6.45) is -0.295. The van der Waals surface area contributed by atoms with Crippen molar-refractivity contribution in [3.8, 4) is 0 Å². The van der Waals surface area contributed by atoms with Gasteiger partial charge in [0, 0.05) is 32.7 Å². The van der Waals surface area contributed by atoms with Gasteiger partial charge in [-0.05, 0) is 47.5 Å². The lowest BCUT2D eigenvalue weighted by Crippen LogP contribution is -2.49. The molecule has 1 amide bonds. The van der Waals surface area contributed by atoms with Gasteiger partial charge in [-0.2, -0.15) is 0 Å². The second kappa shape index (κ2) is 10.2. The number of carbonyl (C=O) groups is 1. The van der Waals surface area contributed by atoms with E-state index in [9.17, 15) is 4.79 Å². The van der Waals surface area contributed by atoms with Crippen LogP contribution in [0.5, 0.6) is 0 Å². The van der Waals surface area contributed by atoms with Crippen LogP contribution in [0.15, 0.2) is 4.99 Å². The summed E-state index contributed by atoms with van der Waals surface area (Å²) >= 11 is 0. The van der Waals surface area contributed by atoms with Crippen molar-refractivity contribution in [3.05, 3.63) is 0 Å². The lowest BCUT2D eigenvalue weighted by Gasteiger charge is -2.27. The molecule has 0 aliphatic heterocycles. The van der Waals surface area contributed by atoms with Crippen molar-refractivity contribution in [2.24, 2.45) is 10.9 Å². The summed E-state index contributed by atoms with van der Waals surface area (Å²) in [5.74, 6) is 1.04. The second-order valence-electron chi connectivity index (χ2n) is 7.79. The van der Waals surface area contributed by atoms with Crippen molar-refractivity contribution in [2.45, 2.75) is 59.6 Å². The molecular weight excluding hydrogens is 407 g/mol. The van der Waals surface area contributed by atoms with E-state index >= 15 is 0 Å². The van der Waals surface area contributed by atoms with Gasteiger partial charge in [-0.15, -0.1) is 24.0 Å². The van der Waals surface area contributed by atoms with Gasteiger partial charge in [0.25, 0.3) is 0 Å². The van der Waals surface area contributed by atoms with Gasteiger partial charge in [0.15, 0.2) is 5.96 Å². The Labute approximate surface area is 158 Å². The number of halogens is 1. The fourth-order valence-electron chi connectivity index (χ4n) is 1.75. The van der Waals surface area contributed by atoms with Crippen molar-refractivity contribution < 1.29 is 9.53 Å². The van der Waals surface area contributed by atoms with E-state index in [4.69, 9.17) is 4.74 Å². The smallest absolute Gasteiger partial charge is 0.410 e. The van der Waals surface area contributed by atoms with Crippen LogP contribution in [0.3, 0.4) is 0 Å². The molecular formula is C16H35IN4O2. The van der Waals surface area contributed by atoms with Gasteiger partial charge >= 0.3 is 6.09 Å². The number of aliphatic imine (C=N–C) groups is 1. The van der Waals surface area contributed by atoms with Crippen LogP contribution in [0, 0.1) is 5.92 Å². The predicted octanol–water partition coefficient (Wildman–Crippen LogP) is 3.07. The highest BCUT2D eigenvalue weighted by Gasteiger charge is 2.21. The van der Waals surface area contributed by atoms with Crippen molar-refractivity contribution in [3.63, 3.8) is 0 Å². The zero-order valence-corrected chi connectivity index (χ0v) is 18.4. The number of rotatable bonds is 4. The molecule has 0 rings (SSSR count). The van der Waals surface area contributed by atoms with Gasteiger partial charge in [-0.1, -0.05) is 6.92 Å². The average molecular weight is 442 g/mol. The van der Waals surface area contributed by atoms with Crippen molar-refractivity contribution in [1.82, 2.24) is 15.5 Å². The third-order valence-corrected chi connectivity index (χ3v) is 2.63. The maximum atomic E-state index is 11.9. The highest BCUT2D eigenvalue weighted by Crippen LogP contribution is 2.10. The summed E-state index contributed by atoms with van der Waals surface area (Å²) in [6.45, 7) is 15.3. The standard InChI is InChI=1S/C16H34N4O2.HI/c1-12(10-18-13(17-8)19-15(2,3)4)11-20(9)14(21)22-16(5,6)7;/h12H,10-11H2,1-9H3,(H2,17,18,19);1H. The number of hydrogen-bond donors (Lipinski definition) is 2. The molecule has 0 spiro atoms. The van der Waals surface area contributed by atoms with Crippen LogP contribution in [-0.4, -0.2) is 55.3 Å². The highest BCUT2D eigenvalue weighted by molar-refractivity contribution is 14.0. The SMILES string of the molecule is CN=C(NCC(C)CN(C)C(=O)OC(C)(C)C)NC(C)(C)C.I. The largest absolute Gasteiger partial charge is 0.444 e. The maximum absolute atomic E-state index is 11.9. The summed E-state index contributed by atoms with van der Waals surface area (Å²) in [5, 5.41) is 6.58. The minimum atomic E-state index is -0.467. The van der Waals surface area contributed by atoms with E-state index in [-0.39, 0.29) is 41.5 Å². The summed E-state index contributed by atoms with van der Waals surface area (Å²) in [7, 11) is 3.51. The third kappa shape index (κ3) is 13.4. The van der Waals surface area contributed by atoms with Crippen LogP contribution in [0.4, 0.5) is 4.79 Å². The molecule has 0 radical (unpaired) electrons. The first kappa shape index (κ1) is 24.5. The molecule has 23 heavy (non-hydrogen) atoms. The number of amides is 1. The van der Waals surface area contributed by atoms with E-state index < -0.39 is 5.60 Å². The quantitative estimate of drug-likeness (QED) is 0.399. The number of guanidine groups is 1. The van der Waals surface area contributed by atoms with Crippen LogP contribution in [-0.2, 0) is 4.74 Å². The van der Waals surface area contributed by atoms with Crippen molar-refractivity contribution >= 4 is 36.0 Å². The Morgan fingerprint density at radius 2 is 1.74 bits per heavy atom. The molecule has 0 aromatic carbocycles. The Bertz CT molecular complexity index is 387. The number of nitrogens with zero attached hydrogens (tertiary/aromatic N) is 2. The summed E-state index contributed by atoms with van der Waals surface area (Å²) < 4.78 is 5.34. The molecule has 1 atom stereocenters. The van der Waals surface area contributed by atoms with E-state index in [1.54, 1.807) is 19.0 Å². The topological polar surface area (TPSA) is 66.0 Å². The Hall–Kier alpha value is -0.730.